The normalized spacial score (nSPS) is 10.2. The Balaban J connectivity index is 1.86. The lowest BCUT2D eigenvalue weighted by Crippen LogP contribution is -2.08. The van der Waals surface area contributed by atoms with Crippen LogP contribution in [0.5, 0.6) is 0 Å². The van der Waals surface area contributed by atoms with Gasteiger partial charge in [-0.25, -0.2) is 9.97 Å². The molecule has 2 aromatic rings. The van der Waals surface area contributed by atoms with Gasteiger partial charge in [0.2, 0.25) is 5.95 Å². The van der Waals surface area contributed by atoms with Crippen LogP contribution < -0.4 is 5.32 Å². The van der Waals surface area contributed by atoms with Crippen molar-refractivity contribution in [1.82, 2.24) is 9.97 Å². The predicted octanol–water partition coefficient (Wildman–Crippen LogP) is 1.62. The van der Waals surface area contributed by atoms with Crippen molar-refractivity contribution >= 4 is 5.95 Å². The molecule has 1 aromatic heterocycles. The minimum atomic E-state index is -0.0596. The van der Waals surface area contributed by atoms with Crippen molar-refractivity contribution < 1.29 is 5.11 Å². The number of aromatic nitrogens is 2. The van der Waals surface area contributed by atoms with Crippen molar-refractivity contribution in [2.24, 2.45) is 0 Å². The van der Waals surface area contributed by atoms with E-state index in [1.807, 2.05) is 18.2 Å². The Kier molecular flexibility index (Phi) is 4.05. The van der Waals surface area contributed by atoms with E-state index in [-0.39, 0.29) is 6.61 Å². The largest absolute Gasteiger partial charge is 0.390 e. The number of aliphatic hydroxyl groups is 1. The monoisotopic (exact) mass is 229 g/mol. The summed E-state index contributed by atoms with van der Waals surface area (Å²) >= 11 is 0. The van der Waals surface area contributed by atoms with Gasteiger partial charge >= 0.3 is 0 Å². The first kappa shape index (κ1) is 11.5. The molecule has 0 unspecified atom stereocenters. The van der Waals surface area contributed by atoms with Gasteiger partial charge in [-0.2, -0.15) is 0 Å². The maximum Gasteiger partial charge on any atom is 0.222 e. The minimum absolute atomic E-state index is 0.0596. The second kappa shape index (κ2) is 5.96. The number of hydrogen-bond acceptors (Lipinski definition) is 4. The highest BCUT2D eigenvalue weighted by Crippen LogP contribution is 2.02. The van der Waals surface area contributed by atoms with Crippen molar-refractivity contribution in [1.29, 1.82) is 0 Å². The van der Waals surface area contributed by atoms with Crippen LogP contribution in [0.3, 0.4) is 0 Å². The minimum Gasteiger partial charge on any atom is -0.390 e. The highest BCUT2D eigenvalue weighted by molar-refractivity contribution is 5.26. The van der Waals surface area contributed by atoms with Crippen molar-refractivity contribution in [3.05, 3.63) is 53.9 Å². The molecular weight excluding hydrogens is 214 g/mol. The lowest BCUT2D eigenvalue weighted by molar-refractivity contribution is 0.277. The smallest absolute Gasteiger partial charge is 0.222 e. The van der Waals surface area contributed by atoms with Gasteiger partial charge < -0.3 is 10.4 Å². The van der Waals surface area contributed by atoms with E-state index >= 15 is 0 Å². The van der Waals surface area contributed by atoms with Crippen molar-refractivity contribution in [3.63, 3.8) is 0 Å². The van der Waals surface area contributed by atoms with Crippen LogP contribution in [0.4, 0.5) is 5.95 Å². The predicted molar refractivity (Wildman–Crippen MR) is 66.6 cm³/mol. The van der Waals surface area contributed by atoms with Gasteiger partial charge in [-0.1, -0.05) is 30.3 Å². The van der Waals surface area contributed by atoms with Crippen molar-refractivity contribution in [2.75, 3.05) is 11.9 Å². The maximum absolute atomic E-state index is 8.95. The molecule has 0 aliphatic rings. The number of nitrogens with zero attached hydrogens (tertiary/aromatic N) is 2. The third kappa shape index (κ3) is 3.53. The average molecular weight is 229 g/mol. The Morgan fingerprint density at radius 2 is 1.94 bits per heavy atom. The van der Waals surface area contributed by atoms with Gasteiger partial charge in [0.1, 0.15) is 0 Å². The summed E-state index contributed by atoms with van der Waals surface area (Å²) in [6.07, 6.45) is 2.57. The summed E-state index contributed by atoms with van der Waals surface area (Å²) in [5, 5.41) is 12.1. The first-order valence-electron chi connectivity index (χ1n) is 5.59. The van der Waals surface area contributed by atoms with Crippen LogP contribution in [-0.2, 0) is 13.0 Å². The quantitative estimate of drug-likeness (QED) is 0.818. The molecule has 1 heterocycles. The Hall–Kier alpha value is -1.94. The Labute approximate surface area is 100 Å². The van der Waals surface area contributed by atoms with E-state index in [4.69, 9.17) is 5.11 Å². The molecule has 0 spiro atoms. The van der Waals surface area contributed by atoms with E-state index in [9.17, 15) is 0 Å². The van der Waals surface area contributed by atoms with E-state index < -0.39 is 0 Å². The fourth-order valence-corrected chi connectivity index (χ4v) is 1.53. The molecule has 2 rings (SSSR count). The van der Waals surface area contributed by atoms with E-state index in [0.717, 1.165) is 13.0 Å². The second-order valence-corrected chi connectivity index (χ2v) is 3.69. The summed E-state index contributed by atoms with van der Waals surface area (Å²) in [5.41, 5.74) is 1.90. The summed E-state index contributed by atoms with van der Waals surface area (Å²) < 4.78 is 0. The zero-order valence-corrected chi connectivity index (χ0v) is 9.50. The highest BCUT2D eigenvalue weighted by atomic mass is 16.3. The van der Waals surface area contributed by atoms with Gasteiger partial charge in [-0.05, 0) is 18.1 Å². The van der Waals surface area contributed by atoms with Crippen LogP contribution in [0.25, 0.3) is 0 Å². The molecule has 0 saturated carbocycles. The lowest BCUT2D eigenvalue weighted by Gasteiger charge is -2.05. The summed E-state index contributed by atoms with van der Waals surface area (Å²) in [6.45, 7) is 0.717. The molecule has 0 atom stereocenters. The molecule has 88 valence electrons. The SMILES string of the molecule is OCc1ccnc(NCCc2ccccc2)n1. The molecule has 0 aliphatic heterocycles. The molecule has 0 bridgehead atoms. The summed E-state index contributed by atoms with van der Waals surface area (Å²) in [6, 6.07) is 11.9. The van der Waals surface area contributed by atoms with Gasteiger partial charge in [0, 0.05) is 12.7 Å². The van der Waals surface area contributed by atoms with Crippen LogP contribution in [0.15, 0.2) is 42.6 Å². The number of rotatable bonds is 5. The summed E-state index contributed by atoms with van der Waals surface area (Å²) in [7, 11) is 0. The number of aliphatic hydroxyl groups excluding tert-OH is 1. The molecule has 0 aliphatic carbocycles. The number of nitrogens with one attached hydrogen (secondary N) is 1. The van der Waals surface area contributed by atoms with Gasteiger partial charge in [-0.15, -0.1) is 0 Å². The maximum atomic E-state index is 8.95. The Morgan fingerprint density at radius 3 is 2.71 bits per heavy atom. The summed E-state index contributed by atoms with van der Waals surface area (Å²) in [4.78, 5) is 8.24. The molecule has 4 nitrogen and oxygen atoms in total. The van der Waals surface area contributed by atoms with Crippen molar-refractivity contribution in [3.8, 4) is 0 Å². The molecule has 1 aromatic carbocycles. The van der Waals surface area contributed by atoms with E-state index in [1.165, 1.54) is 5.56 Å². The zero-order chi connectivity index (χ0) is 11.9. The van der Waals surface area contributed by atoms with Gasteiger partial charge in [0.05, 0.1) is 12.3 Å². The molecule has 0 fully saturated rings. The third-order valence-electron chi connectivity index (χ3n) is 2.41. The van der Waals surface area contributed by atoms with E-state index in [2.05, 4.69) is 27.4 Å². The molecule has 17 heavy (non-hydrogen) atoms. The average Bonchev–Trinajstić information content (AvgIpc) is 2.40. The van der Waals surface area contributed by atoms with Crippen LogP contribution >= 0.6 is 0 Å². The zero-order valence-electron chi connectivity index (χ0n) is 9.50. The van der Waals surface area contributed by atoms with Crippen LogP contribution in [0.2, 0.25) is 0 Å². The topological polar surface area (TPSA) is 58.0 Å². The molecular formula is C13H15N3O. The summed E-state index contributed by atoms with van der Waals surface area (Å²) in [5.74, 6) is 0.562. The number of anilines is 1. The number of benzene rings is 1. The standard InChI is InChI=1S/C13H15N3O/c17-10-12-7-9-15-13(16-12)14-8-6-11-4-2-1-3-5-11/h1-5,7,9,17H,6,8,10H2,(H,14,15,16). The first-order valence-corrected chi connectivity index (χ1v) is 5.59. The fourth-order valence-electron chi connectivity index (χ4n) is 1.53. The van der Waals surface area contributed by atoms with Crippen LogP contribution in [0.1, 0.15) is 11.3 Å². The molecule has 2 N–H and O–H groups in total. The van der Waals surface area contributed by atoms with Gasteiger partial charge in [-0.3, -0.25) is 0 Å². The van der Waals surface area contributed by atoms with Crippen LogP contribution in [0, 0.1) is 0 Å². The molecule has 4 heteroatoms. The van der Waals surface area contributed by atoms with Crippen LogP contribution in [-0.4, -0.2) is 21.6 Å². The fraction of sp³-hybridized carbons (Fsp3) is 0.231. The highest BCUT2D eigenvalue weighted by Gasteiger charge is 1.97. The number of hydrogen-bond donors (Lipinski definition) is 2. The van der Waals surface area contributed by atoms with E-state index in [0.29, 0.717) is 11.6 Å². The van der Waals surface area contributed by atoms with Crippen molar-refractivity contribution in [2.45, 2.75) is 13.0 Å². The Bertz CT molecular complexity index is 459. The first-order chi connectivity index (χ1) is 8.38. The van der Waals surface area contributed by atoms with E-state index in [1.54, 1.807) is 12.3 Å². The molecule has 0 amide bonds. The lowest BCUT2D eigenvalue weighted by atomic mass is 10.1. The third-order valence-corrected chi connectivity index (χ3v) is 2.41. The second-order valence-electron chi connectivity index (χ2n) is 3.69. The van der Waals surface area contributed by atoms with Gasteiger partial charge in [0.25, 0.3) is 0 Å². The van der Waals surface area contributed by atoms with Gasteiger partial charge in [0.15, 0.2) is 0 Å². The molecule has 0 radical (unpaired) electrons. The Morgan fingerprint density at radius 1 is 1.12 bits per heavy atom. The molecule has 0 saturated heterocycles.